The third-order valence-corrected chi connectivity index (χ3v) is 14.6. The van der Waals surface area contributed by atoms with E-state index in [0.29, 0.717) is 39.6 Å². The van der Waals surface area contributed by atoms with Gasteiger partial charge in [-0.15, -0.1) is 0 Å². The van der Waals surface area contributed by atoms with Gasteiger partial charge in [-0.05, 0) is 187 Å². The Balaban J connectivity index is 0.000000423. The molecule has 0 aliphatic heterocycles. The lowest BCUT2D eigenvalue weighted by Gasteiger charge is -2.21. The SMILES string of the molecule is CC.CC.CC.Cc1cc(-c2ccccc2)cc(N(C(=O)O)c2ccccc2)c1.Cc1cc(Br)cc(Br)c1.Cc1cc(Br)cc(N(C(=O)O)c2ccccc2)c1.O.O=C(O)Nc1ccccc1.O=C=Nc1ccccc1.OB(O)c1ccccc1.Oc1cc(Nc2ccccc2)cc(-c2ccccc2)c1. The normalized spacial score (nSPS) is 9.24. The van der Waals surface area contributed by atoms with Crippen LogP contribution in [0.25, 0.3) is 22.3 Å². The van der Waals surface area contributed by atoms with Gasteiger partial charge in [-0.2, -0.15) is 4.99 Å². The molecule has 0 atom stereocenters. The Morgan fingerprint density at radius 2 is 0.724 bits per heavy atom. The third kappa shape index (κ3) is 35.0. The maximum absolute atomic E-state index is 11.8. The Kier molecular flexibility index (Phi) is 44.4. The Hall–Kier alpha value is -11.2. The first-order valence-corrected chi connectivity index (χ1v) is 35.5. The van der Waals surface area contributed by atoms with Crippen LogP contribution in [-0.4, -0.2) is 67.4 Å². The molecule has 12 aromatic carbocycles. The highest BCUT2D eigenvalue weighted by molar-refractivity contribution is 9.11. The lowest BCUT2D eigenvalue weighted by atomic mass is 9.81. The van der Waals surface area contributed by atoms with Crippen LogP contribution in [-0.2, 0) is 4.79 Å². The molecular formula is C85H89BBr3N5O11. The van der Waals surface area contributed by atoms with E-state index in [1.807, 2.05) is 250 Å². The van der Waals surface area contributed by atoms with Crippen molar-refractivity contribution in [2.24, 2.45) is 4.99 Å². The van der Waals surface area contributed by atoms with Gasteiger partial charge >= 0.3 is 25.4 Å². The summed E-state index contributed by atoms with van der Waals surface area (Å²) in [5, 5.41) is 59.9. The van der Waals surface area contributed by atoms with Crippen molar-refractivity contribution in [3.8, 4) is 28.0 Å². The molecule has 0 aliphatic carbocycles. The zero-order valence-electron chi connectivity index (χ0n) is 59.9. The fourth-order valence-electron chi connectivity index (χ4n) is 9.12. The van der Waals surface area contributed by atoms with E-state index in [1.54, 1.807) is 103 Å². The van der Waals surface area contributed by atoms with Crippen LogP contribution in [0, 0.1) is 20.8 Å². The van der Waals surface area contributed by atoms with Gasteiger partial charge in [-0.25, -0.2) is 29.0 Å². The van der Waals surface area contributed by atoms with Crippen LogP contribution in [0.15, 0.2) is 334 Å². The first-order chi connectivity index (χ1) is 50.2. The molecule has 0 aromatic heterocycles. The second-order valence-corrected chi connectivity index (χ2v) is 23.8. The van der Waals surface area contributed by atoms with E-state index in [2.05, 4.69) is 88.5 Å². The number of carbonyl (C=O) groups is 3. The number of aromatic hydroxyl groups is 1. The van der Waals surface area contributed by atoms with Crippen molar-refractivity contribution in [3.05, 3.63) is 346 Å². The molecule has 12 rings (SSSR count). The second kappa shape index (κ2) is 51.9. The maximum Gasteiger partial charge on any atom is 0.488 e. The van der Waals surface area contributed by atoms with Crippen molar-refractivity contribution >= 4 is 130 Å². The van der Waals surface area contributed by atoms with E-state index < -0.39 is 25.4 Å². The Labute approximate surface area is 642 Å². The predicted molar refractivity (Wildman–Crippen MR) is 445 cm³/mol. The summed E-state index contributed by atoms with van der Waals surface area (Å²) in [5.74, 6) is 0.254. The highest BCUT2D eigenvalue weighted by atomic mass is 79.9. The third-order valence-electron chi connectivity index (χ3n) is 13.3. The summed E-state index contributed by atoms with van der Waals surface area (Å²) in [5.41, 5.74) is 13.6. The summed E-state index contributed by atoms with van der Waals surface area (Å²) in [6.07, 6.45) is -1.58. The largest absolute Gasteiger partial charge is 0.508 e. The Bertz CT molecular complexity index is 4380. The number of benzene rings is 12. The fourth-order valence-corrected chi connectivity index (χ4v) is 11.2. The molecular weight excluding hydrogens is 1520 g/mol. The van der Waals surface area contributed by atoms with E-state index in [-0.39, 0.29) is 11.2 Å². The number of carboxylic acid groups (broad SMARTS) is 3. The number of para-hydroxylation sites is 5. The molecule has 10 N–H and O–H groups in total. The van der Waals surface area contributed by atoms with E-state index in [4.69, 9.17) is 15.2 Å². The summed E-state index contributed by atoms with van der Waals surface area (Å²) in [7, 11) is -1.34. The van der Waals surface area contributed by atoms with Gasteiger partial charge in [0, 0.05) is 36.5 Å². The average molecular weight is 1610 g/mol. The van der Waals surface area contributed by atoms with Gasteiger partial charge in [0.25, 0.3) is 0 Å². The molecule has 0 fully saturated rings. The maximum atomic E-state index is 11.8. The van der Waals surface area contributed by atoms with Gasteiger partial charge in [-0.1, -0.05) is 277 Å². The molecule has 544 valence electrons. The number of aliphatic imine (C=N–C) groups is 1. The lowest BCUT2D eigenvalue weighted by molar-refractivity contribution is 0.203. The van der Waals surface area contributed by atoms with Gasteiger partial charge in [0.05, 0.1) is 28.4 Å². The molecule has 0 heterocycles. The highest BCUT2D eigenvalue weighted by Gasteiger charge is 2.19. The van der Waals surface area contributed by atoms with Gasteiger partial charge < -0.3 is 41.3 Å². The van der Waals surface area contributed by atoms with Crippen molar-refractivity contribution in [3.63, 3.8) is 0 Å². The van der Waals surface area contributed by atoms with Crippen LogP contribution in [0.3, 0.4) is 0 Å². The molecule has 0 unspecified atom stereocenters. The Morgan fingerprint density at radius 3 is 1.10 bits per heavy atom. The van der Waals surface area contributed by atoms with E-state index >= 15 is 0 Å². The minimum atomic E-state index is -1.34. The van der Waals surface area contributed by atoms with Crippen LogP contribution in [0.4, 0.5) is 59.9 Å². The van der Waals surface area contributed by atoms with Crippen molar-refractivity contribution in [1.82, 2.24) is 0 Å². The monoisotopic (exact) mass is 1600 g/mol. The minimum Gasteiger partial charge on any atom is -0.508 e. The van der Waals surface area contributed by atoms with E-state index in [9.17, 15) is 34.5 Å². The van der Waals surface area contributed by atoms with Gasteiger partial charge in [0.1, 0.15) is 5.75 Å². The van der Waals surface area contributed by atoms with Crippen LogP contribution < -0.4 is 25.9 Å². The second-order valence-electron chi connectivity index (χ2n) is 21.0. The van der Waals surface area contributed by atoms with Gasteiger partial charge in [0.2, 0.25) is 6.08 Å². The van der Waals surface area contributed by atoms with Crippen LogP contribution in [0.1, 0.15) is 58.2 Å². The molecule has 16 nitrogen and oxygen atoms in total. The molecule has 0 radical (unpaired) electrons. The minimum absolute atomic E-state index is 0. The Morgan fingerprint density at radius 1 is 0.381 bits per heavy atom. The topological polar surface area (TPSA) is 264 Å². The number of phenols is 1. The summed E-state index contributed by atoms with van der Waals surface area (Å²) < 4.78 is 3.10. The summed E-state index contributed by atoms with van der Waals surface area (Å²) in [4.78, 5) is 48.9. The summed E-state index contributed by atoms with van der Waals surface area (Å²) in [6, 6.07) is 97.5. The summed E-state index contributed by atoms with van der Waals surface area (Å²) in [6.45, 7) is 18.0. The van der Waals surface area contributed by atoms with E-state index in [1.165, 1.54) is 21.4 Å². The molecule has 0 bridgehead atoms. The summed E-state index contributed by atoms with van der Waals surface area (Å²) >= 11 is 10.1. The van der Waals surface area contributed by atoms with Crippen LogP contribution in [0.2, 0.25) is 0 Å². The lowest BCUT2D eigenvalue weighted by Crippen LogP contribution is -2.29. The highest BCUT2D eigenvalue weighted by Crippen LogP contribution is 2.33. The average Bonchev–Trinajstić information content (AvgIpc) is 0.826. The van der Waals surface area contributed by atoms with Crippen molar-refractivity contribution in [1.29, 1.82) is 0 Å². The number of halogens is 3. The molecule has 0 saturated carbocycles. The fraction of sp³-hybridized carbons (Fsp3) is 0.106. The predicted octanol–water partition coefficient (Wildman–Crippen LogP) is 23.4. The van der Waals surface area contributed by atoms with Crippen molar-refractivity contribution < 1.29 is 55.1 Å². The molecule has 0 spiro atoms. The van der Waals surface area contributed by atoms with Crippen LogP contribution >= 0.6 is 47.8 Å². The standard InChI is InChI=1S/C20H17NO2.C18H15NO.C14H12BrNO2.C7H6Br2.C7H7NO2.C7H5NO.C6H7BO2.3C2H6.H2O/c1-15-12-17(16-8-4-2-5-9-16)14-19(13-15)21(20(22)23)18-10-6-3-7-11-18;20-18-12-15(14-7-3-1-4-8-14)11-17(13-18)19-16-9-5-2-6-10-16;1-10-7-11(15)9-13(8-10)16(14(17)18)12-5-3-2-4-6-12;1-5-2-6(8)4-7(9)3-5;9-7(10)8-6-4-2-1-3-5-6;9-6-8-7-4-2-1-3-5-7;8-7(9)6-4-2-1-3-5-6;3*1-2;/h2-14H,1H3,(H,22,23);1-13,19-20H;2-9H,1H3,(H,17,18);2-4H,1H3;1-5,8H,(H,9,10);1-5H;1-5,8-9H;3*1-2H3;1H2. The molecule has 20 heteroatoms. The molecule has 0 saturated heterocycles. The first kappa shape index (κ1) is 89.9. The quantitative estimate of drug-likeness (QED) is 0.0343. The number of phenolic OH excluding ortho intramolecular Hbond substituents is 1. The smallest absolute Gasteiger partial charge is 0.488 e. The number of anilines is 7. The molecule has 105 heavy (non-hydrogen) atoms. The zero-order chi connectivity index (χ0) is 76.6. The number of aryl methyl sites for hydroxylation is 3. The van der Waals surface area contributed by atoms with Gasteiger partial charge in [0.15, 0.2) is 0 Å². The first-order valence-electron chi connectivity index (χ1n) is 33.1. The van der Waals surface area contributed by atoms with Crippen molar-refractivity contribution in [2.45, 2.75) is 62.3 Å². The number of amides is 3. The van der Waals surface area contributed by atoms with Crippen molar-refractivity contribution in [2.75, 3.05) is 20.4 Å². The van der Waals surface area contributed by atoms with E-state index in [0.717, 1.165) is 58.2 Å². The van der Waals surface area contributed by atoms with Gasteiger partial charge in [-0.3, -0.25) is 5.32 Å². The molecule has 0 aliphatic rings. The van der Waals surface area contributed by atoms with Crippen LogP contribution in [0.5, 0.6) is 5.75 Å². The molecule has 12 aromatic rings. The zero-order valence-corrected chi connectivity index (χ0v) is 64.6. The number of hydrogen-bond acceptors (Lipinski definition) is 9. The number of hydrogen-bond donors (Lipinski definition) is 8. The number of carbonyl (C=O) groups excluding carboxylic acids is 1. The number of isocyanates is 1. The number of nitrogens with one attached hydrogen (secondary N) is 2. The number of nitrogens with zero attached hydrogens (tertiary/aromatic N) is 3. The number of rotatable bonds is 11. The molecule has 3 amide bonds.